The maximum atomic E-state index is 13.7. The maximum absolute atomic E-state index is 13.7. The molecule has 0 atom stereocenters. The van der Waals surface area contributed by atoms with Crippen molar-refractivity contribution in [3.05, 3.63) is 115 Å². The Balaban J connectivity index is 1.41. The number of piperazine rings is 1. The highest BCUT2D eigenvalue weighted by Gasteiger charge is 2.26. The second-order valence-corrected chi connectivity index (χ2v) is 10.7. The van der Waals surface area contributed by atoms with Gasteiger partial charge in [-0.25, -0.2) is 0 Å². The lowest BCUT2D eigenvalue weighted by Gasteiger charge is -2.36. The predicted octanol–water partition coefficient (Wildman–Crippen LogP) is 5.64. The van der Waals surface area contributed by atoms with E-state index >= 15 is 0 Å². The second kappa shape index (κ2) is 10.6. The van der Waals surface area contributed by atoms with E-state index in [1.807, 2.05) is 28.5 Å². The highest BCUT2D eigenvalue weighted by Crippen LogP contribution is 2.31. The average molecular weight is 572 g/mol. The number of carbonyl (C=O) groups is 1. The molecule has 0 spiro atoms. The van der Waals surface area contributed by atoms with Gasteiger partial charge in [-0.1, -0.05) is 48.0 Å². The third kappa shape index (κ3) is 4.72. The predicted molar refractivity (Wildman–Crippen MR) is 157 cm³/mol. The number of hydrogen-bond donors (Lipinski definition) is 0. The summed E-state index contributed by atoms with van der Waals surface area (Å²) in [7, 11) is 0. The molecule has 0 bridgehead atoms. The molecule has 5 aromatic rings. The molecule has 1 fully saturated rings. The Labute approximate surface area is 237 Å². The van der Waals surface area contributed by atoms with Crippen molar-refractivity contribution in [2.24, 2.45) is 0 Å². The molecule has 0 saturated carbocycles. The SMILES string of the molecule is O=C(c1cccs1)N1CCN(c2ccc([N+](=O)[O-])c(-n3nc(-c4ccc(Cl)cc4)c4ccccc4c3=O)c2)CC1. The fourth-order valence-corrected chi connectivity index (χ4v) is 5.75. The summed E-state index contributed by atoms with van der Waals surface area (Å²) in [6.45, 7) is 2.12. The van der Waals surface area contributed by atoms with E-state index in [9.17, 15) is 19.7 Å². The minimum Gasteiger partial charge on any atom is -0.368 e. The molecule has 1 saturated heterocycles. The Morgan fingerprint density at radius 1 is 0.925 bits per heavy atom. The number of thiophene rings is 1. The van der Waals surface area contributed by atoms with Gasteiger partial charge in [-0.05, 0) is 41.8 Å². The first kappa shape index (κ1) is 25.7. The van der Waals surface area contributed by atoms with Crippen LogP contribution in [0, 0.1) is 10.1 Å². The smallest absolute Gasteiger partial charge is 0.295 e. The van der Waals surface area contributed by atoms with Crippen LogP contribution >= 0.6 is 22.9 Å². The second-order valence-electron chi connectivity index (χ2n) is 9.30. The first-order valence-corrected chi connectivity index (χ1v) is 13.8. The number of rotatable bonds is 5. The van der Waals surface area contributed by atoms with Crippen LogP contribution in [-0.4, -0.2) is 51.7 Å². The summed E-state index contributed by atoms with van der Waals surface area (Å²) < 4.78 is 1.12. The molecular formula is C29H22ClN5O4S. The normalized spacial score (nSPS) is 13.5. The molecule has 200 valence electrons. The van der Waals surface area contributed by atoms with E-state index in [0.29, 0.717) is 58.2 Å². The highest BCUT2D eigenvalue weighted by atomic mass is 35.5. The van der Waals surface area contributed by atoms with Crippen molar-refractivity contribution in [3.63, 3.8) is 0 Å². The van der Waals surface area contributed by atoms with Crippen LogP contribution in [0.4, 0.5) is 11.4 Å². The molecule has 1 amide bonds. The lowest BCUT2D eigenvalue weighted by atomic mass is 10.0. The maximum Gasteiger partial charge on any atom is 0.295 e. The van der Waals surface area contributed by atoms with Gasteiger partial charge in [0.2, 0.25) is 0 Å². The molecule has 9 nitrogen and oxygen atoms in total. The lowest BCUT2D eigenvalue weighted by molar-refractivity contribution is -0.384. The molecule has 3 aromatic carbocycles. The number of anilines is 1. The minimum atomic E-state index is -0.512. The number of benzene rings is 3. The molecule has 6 rings (SSSR count). The van der Waals surface area contributed by atoms with Crippen molar-refractivity contribution in [2.45, 2.75) is 0 Å². The van der Waals surface area contributed by atoms with E-state index < -0.39 is 10.5 Å². The van der Waals surface area contributed by atoms with Gasteiger partial charge in [0.15, 0.2) is 0 Å². The van der Waals surface area contributed by atoms with Crippen LogP contribution in [0.1, 0.15) is 9.67 Å². The van der Waals surface area contributed by atoms with E-state index in [4.69, 9.17) is 11.6 Å². The number of amides is 1. The fourth-order valence-electron chi connectivity index (χ4n) is 4.93. The van der Waals surface area contributed by atoms with Crippen LogP contribution in [0.3, 0.4) is 0 Å². The molecule has 1 aliphatic heterocycles. The summed E-state index contributed by atoms with van der Waals surface area (Å²) in [5, 5.41) is 20.2. The van der Waals surface area contributed by atoms with Crippen molar-refractivity contribution < 1.29 is 9.72 Å². The van der Waals surface area contributed by atoms with E-state index in [2.05, 4.69) is 10.00 Å². The number of carbonyl (C=O) groups excluding carboxylic acids is 1. The van der Waals surface area contributed by atoms with Gasteiger partial charge in [0.05, 0.1) is 20.9 Å². The van der Waals surface area contributed by atoms with Gasteiger partial charge in [0, 0.05) is 53.9 Å². The van der Waals surface area contributed by atoms with E-state index in [1.54, 1.807) is 54.6 Å². The zero-order chi connectivity index (χ0) is 27.8. The molecule has 0 aliphatic carbocycles. The van der Waals surface area contributed by atoms with Crippen LogP contribution < -0.4 is 10.5 Å². The fraction of sp³-hybridized carbons (Fsp3) is 0.138. The van der Waals surface area contributed by atoms with Crippen LogP contribution in [-0.2, 0) is 0 Å². The molecule has 2 aromatic heterocycles. The molecular weight excluding hydrogens is 550 g/mol. The molecule has 0 N–H and O–H groups in total. The Morgan fingerprint density at radius 2 is 1.65 bits per heavy atom. The van der Waals surface area contributed by atoms with Crippen LogP contribution in [0.2, 0.25) is 5.02 Å². The zero-order valence-corrected chi connectivity index (χ0v) is 22.6. The third-order valence-corrected chi connectivity index (χ3v) is 8.08. The van der Waals surface area contributed by atoms with Crippen molar-refractivity contribution >= 4 is 51.0 Å². The number of fused-ring (bicyclic) bond motifs is 1. The Hall–Kier alpha value is -4.54. The van der Waals surface area contributed by atoms with Gasteiger partial charge in [0.1, 0.15) is 5.69 Å². The Morgan fingerprint density at radius 3 is 2.33 bits per heavy atom. The number of nitro benzene ring substituents is 1. The van der Waals surface area contributed by atoms with Gasteiger partial charge in [0.25, 0.3) is 17.2 Å². The van der Waals surface area contributed by atoms with Crippen molar-refractivity contribution in [3.8, 4) is 16.9 Å². The summed E-state index contributed by atoms with van der Waals surface area (Å²) in [5.41, 5.74) is 1.32. The van der Waals surface area contributed by atoms with E-state index in [-0.39, 0.29) is 17.3 Å². The zero-order valence-electron chi connectivity index (χ0n) is 21.1. The topological polar surface area (TPSA) is 102 Å². The largest absolute Gasteiger partial charge is 0.368 e. The van der Waals surface area contributed by atoms with Crippen molar-refractivity contribution in [1.29, 1.82) is 0 Å². The Bertz CT molecular complexity index is 1800. The molecule has 0 radical (unpaired) electrons. The number of nitrogens with zero attached hydrogens (tertiary/aromatic N) is 5. The lowest BCUT2D eigenvalue weighted by Crippen LogP contribution is -2.48. The molecule has 3 heterocycles. The summed E-state index contributed by atoms with van der Waals surface area (Å²) in [6.07, 6.45) is 0. The summed E-state index contributed by atoms with van der Waals surface area (Å²) in [5.74, 6) is 0.000633. The molecule has 40 heavy (non-hydrogen) atoms. The van der Waals surface area contributed by atoms with Gasteiger partial charge >= 0.3 is 0 Å². The highest BCUT2D eigenvalue weighted by molar-refractivity contribution is 7.12. The van der Waals surface area contributed by atoms with Gasteiger partial charge in [-0.15, -0.1) is 11.3 Å². The first-order chi connectivity index (χ1) is 19.4. The van der Waals surface area contributed by atoms with E-state index in [0.717, 1.165) is 10.2 Å². The summed E-state index contributed by atoms with van der Waals surface area (Å²) in [4.78, 5) is 42.5. The number of hydrogen-bond acceptors (Lipinski definition) is 7. The van der Waals surface area contributed by atoms with Crippen molar-refractivity contribution in [1.82, 2.24) is 14.7 Å². The first-order valence-electron chi connectivity index (χ1n) is 12.6. The summed E-state index contributed by atoms with van der Waals surface area (Å²) >= 11 is 7.51. The number of halogens is 1. The quantitative estimate of drug-likeness (QED) is 0.200. The van der Waals surface area contributed by atoms with E-state index in [1.165, 1.54) is 17.4 Å². The summed E-state index contributed by atoms with van der Waals surface area (Å²) in [6, 6.07) is 22.5. The Kier molecular flexibility index (Phi) is 6.79. The average Bonchev–Trinajstić information content (AvgIpc) is 3.53. The van der Waals surface area contributed by atoms with Gasteiger partial charge in [-0.3, -0.25) is 19.7 Å². The number of nitro groups is 1. The van der Waals surface area contributed by atoms with Crippen LogP contribution in [0.5, 0.6) is 0 Å². The van der Waals surface area contributed by atoms with Crippen LogP contribution in [0.15, 0.2) is 89.0 Å². The molecule has 11 heteroatoms. The standard InChI is InChI=1S/C29H22ClN5O4S/c30-20-9-7-19(8-10-20)27-22-4-1-2-5-23(22)28(36)34(31-27)25-18-21(11-12-24(25)35(38)39)32-13-15-33(16-14-32)29(37)26-6-3-17-40-26/h1-12,17-18H,13-16H2. The van der Waals surface area contributed by atoms with Gasteiger partial charge in [-0.2, -0.15) is 9.78 Å². The minimum absolute atomic E-state index is 0.000633. The monoisotopic (exact) mass is 571 g/mol. The molecule has 1 aliphatic rings. The number of aromatic nitrogens is 2. The van der Waals surface area contributed by atoms with Crippen LogP contribution in [0.25, 0.3) is 27.7 Å². The van der Waals surface area contributed by atoms with Crippen molar-refractivity contribution in [2.75, 3.05) is 31.1 Å². The van der Waals surface area contributed by atoms with Gasteiger partial charge < -0.3 is 9.80 Å². The third-order valence-electron chi connectivity index (χ3n) is 6.97. The molecule has 0 unspecified atom stereocenters.